The predicted octanol–water partition coefficient (Wildman–Crippen LogP) is 7.83. The van der Waals surface area contributed by atoms with Gasteiger partial charge in [-0.15, -0.1) is 0 Å². The fraction of sp³-hybridized carbons (Fsp3) is 0.550. The maximum absolute atomic E-state index is 9.39. The van der Waals surface area contributed by atoms with Gasteiger partial charge in [0.1, 0.15) is 0 Å². The summed E-state index contributed by atoms with van der Waals surface area (Å²) in [6.07, 6.45) is 2.20. The standard InChI is InChI=1S/C12H18O2.C6H7Cl2NS.2CH4/c1-9(2)4-5-10-6-7-11(13)12(8-10)14-3;1-3(2)5-4(7)6(8)9-10-5;;/h6-9,13H,4-5H2,1-3H3;3H,1-2H3;2*1H4. The van der Waals surface area contributed by atoms with Crippen LogP contribution in [-0.2, 0) is 6.42 Å². The van der Waals surface area contributed by atoms with E-state index in [1.807, 2.05) is 12.1 Å². The molecule has 1 aromatic heterocycles. The lowest BCUT2D eigenvalue weighted by Crippen LogP contribution is -1.93. The number of halogens is 2. The van der Waals surface area contributed by atoms with Crippen LogP contribution in [0.3, 0.4) is 0 Å². The number of rotatable bonds is 5. The molecule has 0 unspecified atom stereocenters. The first-order chi connectivity index (χ1) is 11.3. The topological polar surface area (TPSA) is 42.4 Å². The Morgan fingerprint density at radius 3 is 2.15 bits per heavy atom. The van der Waals surface area contributed by atoms with E-state index in [1.165, 1.54) is 17.1 Å². The quantitative estimate of drug-likeness (QED) is 0.534. The lowest BCUT2D eigenvalue weighted by molar-refractivity contribution is 0.373. The van der Waals surface area contributed by atoms with Gasteiger partial charge in [-0.2, -0.15) is 4.37 Å². The second kappa shape index (κ2) is 13.2. The van der Waals surface area contributed by atoms with Crippen LogP contribution in [0, 0.1) is 5.92 Å². The molecule has 0 radical (unpaired) electrons. The number of ether oxygens (including phenoxy) is 1. The first-order valence-electron chi connectivity index (χ1n) is 7.92. The number of aromatic nitrogens is 1. The maximum Gasteiger partial charge on any atom is 0.161 e. The Morgan fingerprint density at radius 2 is 1.77 bits per heavy atom. The molecule has 0 amide bonds. The van der Waals surface area contributed by atoms with E-state index in [2.05, 4.69) is 32.1 Å². The highest BCUT2D eigenvalue weighted by atomic mass is 35.5. The first-order valence-corrected chi connectivity index (χ1v) is 9.45. The van der Waals surface area contributed by atoms with E-state index >= 15 is 0 Å². The number of hydrogen-bond acceptors (Lipinski definition) is 4. The zero-order valence-electron chi connectivity index (χ0n) is 14.8. The Kier molecular flexibility index (Phi) is 13.9. The Morgan fingerprint density at radius 1 is 1.15 bits per heavy atom. The van der Waals surface area contributed by atoms with Gasteiger partial charge in [0.2, 0.25) is 0 Å². The number of phenols is 1. The first kappa shape index (κ1) is 27.3. The lowest BCUT2D eigenvalue weighted by atomic mass is 10.0. The molecule has 26 heavy (non-hydrogen) atoms. The molecule has 0 bridgehead atoms. The SMILES string of the molecule is C.C.CC(C)c1snc(Cl)c1Cl.COc1cc(CCC(C)C)ccc1O. The lowest BCUT2D eigenvalue weighted by Gasteiger charge is -2.07. The van der Waals surface area contributed by atoms with E-state index in [4.69, 9.17) is 27.9 Å². The highest BCUT2D eigenvalue weighted by Crippen LogP contribution is 2.33. The molecule has 0 saturated heterocycles. The van der Waals surface area contributed by atoms with Crippen molar-refractivity contribution in [3.8, 4) is 11.5 Å². The number of aryl methyl sites for hydroxylation is 1. The number of benzene rings is 1. The van der Waals surface area contributed by atoms with Crippen LogP contribution >= 0.6 is 34.7 Å². The summed E-state index contributed by atoms with van der Waals surface area (Å²) in [5.41, 5.74) is 1.22. The van der Waals surface area contributed by atoms with Gasteiger partial charge in [-0.1, -0.05) is 71.8 Å². The second-order valence-corrected chi connectivity index (χ2v) is 7.79. The van der Waals surface area contributed by atoms with Crippen LogP contribution in [0.1, 0.15) is 65.3 Å². The van der Waals surface area contributed by atoms with E-state index in [9.17, 15) is 5.11 Å². The summed E-state index contributed by atoms with van der Waals surface area (Å²) in [5.74, 6) is 1.89. The highest BCUT2D eigenvalue weighted by molar-refractivity contribution is 7.07. The molecule has 0 aliphatic carbocycles. The van der Waals surface area contributed by atoms with Crippen LogP contribution in [0.5, 0.6) is 11.5 Å². The summed E-state index contributed by atoms with van der Waals surface area (Å²) in [6, 6.07) is 5.53. The van der Waals surface area contributed by atoms with E-state index in [0.29, 0.717) is 27.8 Å². The summed E-state index contributed by atoms with van der Waals surface area (Å²) >= 11 is 12.8. The Balaban J connectivity index is 0. The third-order valence-corrected chi connectivity index (χ3v) is 5.51. The Hall–Kier alpha value is -0.970. The zero-order chi connectivity index (χ0) is 18.3. The van der Waals surface area contributed by atoms with Gasteiger partial charge < -0.3 is 9.84 Å². The van der Waals surface area contributed by atoms with Crippen LogP contribution in [0.25, 0.3) is 0 Å². The molecule has 3 nitrogen and oxygen atoms in total. The summed E-state index contributed by atoms with van der Waals surface area (Å²) in [5, 5.41) is 10.4. The van der Waals surface area contributed by atoms with Gasteiger partial charge in [-0.25, -0.2) is 0 Å². The smallest absolute Gasteiger partial charge is 0.161 e. The average molecular weight is 422 g/mol. The minimum atomic E-state index is 0. The third kappa shape index (κ3) is 8.61. The Bertz CT molecular complexity index is 643. The van der Waals surface area contributed by atoms with Crippen molar-refractivity contribution in [3.63, 3.8) is 0 Å². The van der Waals surface area contributed by atoms with Crippen molar-refractivity contribution in [2.24, 2.45) is 5.92 Å². The van der Waals surface area contributed by atoms with Crippen molar-refractivity contribution in [2.45, 2.75) is 61.3 Å². The van der Waals surface area contributed by atoms with Crippen molar-refractivity contribution in [1.82, 2.24) is 4.37 Å². The van der Waals surface area contributed by atoms with E-state index < -0.39 is 0 Å². The molecule has 0 spiro atoms. The summed E-state index contributed by atoms with van der Waals surface area (Å²) in [7, 11) is 1.57. The monoisotopic (exact) mass is 421 g/mol. The number of methoxy groups -OCH3 is 1. The molecular weight excluding hydrogens is 389 g/mol. The normalized spacial score (nSPS) is 9.88. The minimum Gasteiger partial charge on any atom is -0.504 e. The van der Waals surface area contributed by atoms with Gasteiger partial charge >= 0.3 is 0 Å². The number of aromatic hydroxyl groups is 1. The van der Waals surface area contributed by atoms with Crippen LogP contribution in [0.15, 0.2) is 18.2 Å². The van der Waals surface area contributed by atoms with Gasteiger partial charge in [-0.05, 0) is 53.9 Å². The van der Waals surface area contributed by atoms with Crippen molar-refractivity contribution in [2.75, 3.05) is 7.11 Å². The average Bonchev–Trinajstić information content (AvgIpc) is 2.87. The van der Waals surface area contributed by atoms with E-state index in [0.717, 1.165) is 17.7 Å². The molecule has 2 aromatic rings. The van der Waals surface area contributed by atoms with Crippen LogP contribution in [0.4, 0.5) is 0 Å². The van der Waals surface area contributed by atoms with Gasteiger partial charge in [-0.3, -0.25) is 0 Å². The zero-order valence-corrected chi connectivity index (χ0v) is 17.1. The van der Waals surface area contributed by atoms with Crippen LogP contribution in [0.2, 0.25) is 10.2 Å². The van der Waals surface area contributed by atoms with E-state index in [1.54, 1.807) is 13.2 Å². The van der Waals surface area contributed by atoms with Crippen molar-refractivity contribution in [1.29, 1.82) is 0 Å². The second-order valence-electron chi connectivity index (χ2n) is 6.25. The predicted molar refractivity (Wildman–Crippen MR) is 118 cm³/mol. The molecule has 1 N–H and O–H groups in total. The van der Waals surface area contributed by atoms with Gasteiger partial charge in [0.15, 0.2) is 16.7 Å². The molecule has 1 heterocycles. The minimum absolute atomic E-state index is 0. The van der Waals surface area contributed by atoms with Gasteiger partial charge in [0.25, 0.3) is 0 Å². The molecule has 0 aliphatic heterocycles. The molecule has 0 fully saturated rings. The number of nitrogens with zero attached hydrogens (tertiary/aromatic N) is 1. The molecule has 0 saturated carbocycles. The number of hydrogen-bond donors (Lipinski definition) is 1. The summed E-state index contributed by atoms with van der Waals surface area (Å²) in [6.45, 7) is 8.54. The number of phenolic OH excluding ortho intramolecular Hbond substituents is 1. The largest absolute Gasteiger partial charge is 0.504 e. The molecular formula is C20H33Cl2NO2S. The highest BCUT2D eigenvalue weighted by Gasteiger charge is 2.11. The third-order valence-electron chi connectivity index (χ3n) is 3.40. The molecule has 1 aromatic carbocycles. The van der Waals surface area contributed by atoms with Crippen LogP contribution < -0.4 is 4.74 Å². The fourth-order valence-electron chi connectivity index (χ4n) is 1.96. The van der Waals surface area contributed by atoms with Gasteiger partial charge in [0.05, 0.1) is 12.1 Å². The van der Waals surface area contributed by atoms with Crippen molar-refractivity contribution in [3.05, 3.63) is 38.8 Å². The molecule has 150 valence electrons. The molecule has 0 atom stereocenters. The fourth-order valence-corrected chi connectivity index (χ4v) is 3.30. The molecule has 2 rings (SSSR count). The molecule has 6 heteroatoms. The summed E-state index contributed by atoms with van der Waals surface area (Å²) in [4.78, 5) is 1.06. The van der Waals surface area contributed by atoms with Gasteiger partial charge in [0, 0.05) is 4.88 Å². The van der Waals surface area contributed by atoms with Crippen LogP contribution in [-0.4, -0.2) is 16.6 Å². The van der Waals surface area contributed by atoms with E-state index in [-0.39, 0.29) is 20.6 Å². The van der Waals surface area contributed by atoms with Crippen molar-refractivity contribution >= 4 is 34.7 Å². The Labute approximate surface area is 173 Å². The summed E-state index contributed by atoms with van der Waals surface area (Å²) < 4.78 is 8.95. The van der Waals surface area contributed by atoms with Crippen molar-refractivity contribution < 1.29 is 9.84 Å². The maximum atomic E-state index is 9.39. The molecule has 0 aliphatic rings.